The molecule has 0 bridgehead atoms. The fourth-order valence-corrected chi connectivity index (χ4v) is 3.00. The van der Waals surface area contributed by atoms with Crippen molar-refractivity contribution in [2.75, 3.05) is 4.90 Å². The largest absolute Gasteiger partial charge is 0.508 e. The molecule has 1 aliphatic carbocycles. The second-order valence-corrected chi connectivity index (χ2v) is 5.18. The first-order valence-electron chi connectivity index (χ1n) is 6.43. The molecule has 1 aliphatic heterocycles. The average Bonchev–Trinajstić information content (AvgIpc) is 2.65. The molecule has 2 amide bonds. The molecule has 0 unspecified atom stereocenters. The first-order valence-corrected chi connectivity index (χ1v) is 6.43. The van der Waals surface area contributed by atoms with Crippen LogP contribution in [-0.2, 0) is 9.59 Å². The number of hydrogen-bond donors (Lipinski definition) is 1. The Kier molecular flexibility index (Phi) is 2.66. The number of rotatable bonds is 1. The standard InChI is InChI=1S/C15H15NO3/c1-9-3-2-4-12-13(9)15(19)16(14(12)18)10-5-7-11(17)8-6-10/h2-3,5-9,12-13,17H,4H2,1H3/t9-,12+,13+/m0/s1. The molecular formula is C15H15NO3. The van der Waals surface area contributed by atoms with E-state index in [0.717, 1.165) is 0 Å². The van der Waals surface area contributed by atoms with Crippen LogP contribution in [0.3, 0.4) is 0 Å². The zero-order chi connectivity index (χ0) is 13.6. The summed E-state index contributed by atoms with van der Waals surface area (Å²) in [6, 6.07) is 6.17. The van der Waals surface area contributed by atoms with E-state index in [1.54, 1.807) is 12.1 Å². The van der Waals surface area contributed by atoms with Gasteiger partial charge in [-0.15, -0.1) is 0 Å². The predicted octanol–water partition coefficient (Wildman–Crippen LogP) is 2.09. The maximum absolute atomic E-state index is 12.5. The number of phenolic OH excluding ortho intramolecular Hbond substituents is 1. The Bertz CT molecular complexity index is 561. The van der Waals surface area contributed by atoms with E-state index < -0.39 is 0 Å². The summed E-state index contributed by atoms with van der Waals surface area (Å²) in [5, 5.41) is 9.28. The van der Waals surface area contributed by atoms with Gasteiger partial charge < -0.3 is 5.11 Å². The molecule has 0 spiro atoms. The van der Waals surface area contributed by atoms with Crippen LogP contribution in [0.4, 0.5) is 5.69 Å². The van der Waals surface area contributed by atoms with Gasteiger partial charge >= 0.3 is 0 Å². The molecule has 2 aliphatic rings. The maximum Gasteiger partial charge on any atom is 0.238 e. The lowest BCUT2D eigenvalue weighted by molar-refractivity contribution is -0.122. The van der Waals surface area contributed by atoms with Crippen LogP contribution < -0.4 is 4.90 Å². The van der Waals surface area contributed by atoms with Crippen LogP contribution in [0.5, 0.6) is 5.75 Å². The molecule has 0 saturated carbocycles. The number of carbonyl (C=O) groups is 2. The van der Waals surface area contributed by atoms with E-state index in [1.165, 1.54) is 17.0 Å². The Hall–Kier alpha value is -2.10. The van der Waals surface area contributed by atoms with E-state index in [2.05, 4.69) is 0 Å². The van der Waals surface area contributed by atoms with Crippen LogP contribution in [-0.4, -0.2) is 16.9 Å². The summed E-state index contributed by atoms with van der Waals surface area (Å²) in [4.78, 5) is 26.1. The van der Waals surface area contributed by atoms with Crippen molar-refractivity contribution in [2.45, 2.75) is 13.3 Å². The highest BCUT2D eigenvalue weighted by Gasteiger charge is 2.50. The van der Waals surface area contributed by atoms with Crippen molar-refractivity contribution in [1.82, 2.24) is 0 Å². The second-order valence-electron chi connectivity index (χ2n) is 5.18. The van der Waals surface area contributed by atoms with Gasteiger partial charge in [-0.25, -0.2) is 0 Å². The molecule has 4 heteroatoms. The molecule has 98 valence electrons. The number of allylic oxidation sites excluding steroid dienone is 2. The predicted molar refractivity (Wildman–Crippen MR) is 70.5 cm³/mol. The molecular weight excluding hydrogens is 242 g/mol. The molecule has 19 heavy (non-hydrogen) atoms. The van der Waals surface area contributed by atoms with E-state index in [0.29, 0.717) is 12.1 Å². The summed E-state index contributed by atoms with van der Waals surface area (Å²) in [6.07, 6.45) is 4.62. The quantitative estimate of drug-likeness (QED) is 0.619. The van der Waals surface area contributed by atoms with Crippen molar-refractivity contribution in [3.05, 3.63) is 36.4 Å². The van der Waals surface area contributed by atoms with Gasteiger partial charge in [0.25, 0.3) is 0 Å². The summed E-state index contributed by atoms with van der Waals surface area (Å²) >= 11 is 0. The summed E-state index contributed by atoms with van der Waals surface area (Å²) in [5.74, 6) is -0.519. The number of phenols is 1. The minimum Gasteiger partial charge on any atom is -0.508 e. The van der Waals surface area contributed by atoms with Gasteiger partial charge in [-0.3, -0.25) is 14.5 Å². The Morgan fingerprint density at radius 3 is 2.47 bits per heavy atom. The van der Waals surface area contributed by atoms with Gasteiger partial charge in [0.2, 0.25) is 11.8 Å². The highest BCUT2D eigenvalue weighted by molar-refractivity contribution is 6.22. The zero-order valence-electron chi connectivity index (χ0n) is 10.6. The molecule has 4 nitrogen and oxygen atoms in total. The Labute approximate surface area is 111 Å². The van der Waals surface area contributed by atoms with Gasteiger partial charge in [-0.1, -0.05) is 19.1 Å². The fourth-order valence-electron chi connectivity index (χ4n) is 3.00. The number of nitrogens with zero attached hydrogens (tertiary/aromatic N) is 1. The molecule has 0 aromatic heterocycles. The third-order valence-corrected chi connectivity index (χ3v) is 3.98. The highest BCUT2D eigenvalue weighted by Crippen LogP contribution is 2.40. The SMILES string of the molecule is C[C@H]1C=CC[C@H]2C(=O)N(c3ccc(O)cc3)C(=O)[C@H]12. The van der Waals surface area contributed by atoms with Crippen LogP contribution in [0.2, 0.25) is 0 Å². The van der Waals surface area contributed by atoms with Gasteiger partial charge in [-0.05, 0) is 36.6 Å². The molecule has 3 rings (SSSR count). The summed E-state index contributed by atoms with van der Waals surface area (Å²) in [6.45, 7) is 1.97. The highest BCUT2D eigenvalue weighted by atomic mass is 16.3. The van der Waals surface area contributed by atoms with E-state index in [4.69, 9.17) is 0 Å². The summed E-state index contributed by atoms with van der Waals surface area (Å²) in [7, 11) is 0. The van der Waals surface area contributed by atoms with Crippen LogP contribution in [0.1, 0.15) is 13.3 Å². The van der Waals surface area contributed by atoms with Crippen molar-refractivity contribution in [1.29, 1.82) is 0 Å². The van der Waals surface area contributed by atoms with Crippen LogP contribution in [0, 0.1) is 17.8 Å². The molecule has 1 N–H and O–H groups in total. The summed E-state index contributed by atoms with van der Waals surface area (Å²) < 4.78 is 0. The molecule has 1 aromatic carbocycles. The van der Waals surface area contributed by atoms with Crippen molar-refractivity contribution in [2.24, 2.45) is 17.8 Å². The number of anilines is 1. The Morgan fingerprint density at radius 2 is 1.84 bits per heavy atom. The average molecular weight is 257 g/mol. The second kappa shape index (κ2) is 4.23. The topological polar surface area (TPSA) is 57.6 Å². The number of imide groups is 1. The van der Waals surface area contributed by atoms with Crippen molar-refractivity contribution in [3.63, 3.8) is 0 Å². The molecule has 0 radical (unpaired) electrons. The Morgan fingerprint density at radius 1 is 1.16 bits per heavy atom. The van der Waals surface area contributed by atoms with E-state index in [1.807, 2.05) is 19.1 Å². The van der Waals surface area contributed by atoms with Gasteiger partial charge in [0.15, 0.2) is 0 Å². The molecule has 1 aromatic rings. The molecule has 1 fully saturated rings. The Balaban J connectivity index is 1.98. The number of benzene rings is 1. The number of aromatic hydroxyl groups is 1. The van der Waals surface area contributed by atoms with Crippen LogP contribution in [0.15, 0.2) is 36.4 Å². The van der Waals surface area contributed by atoms with Crippen molar-refractivity contribution in [3.8, 4) is 5.75 Å². The minimum atomic E-state index is -0.244. The normalized spacial score (nSPS) is 29.7. The zero-order valence-corrected chi connectivity index (χ0v) is 10.6. The smallest absolute Gasteiger partial charge is 0.238 e. The van der Waals surface area contributed by atoms with Crippen LogP contribution in [0.25, 0.3) is 0 Å². The van der Waals surface area contributed by atoms with Gasteiger partial charge in [0.1, 0.15) is 5.75 Å². The first kappa shape index (κ1) is 12.0. The molecule has 3 atom stereocenters. The lowest BCUT2D eigenvalue weighted by atomic mass is 9.78. The van der Waals surface area contributed by atoms with E-state index in [9.17, 15) is 14.7 Å². The number of carbonyl (C=O) groups excluding carboxylic acids is 2. The summed E-state index contributed by atoms with van der Waals surface area (Å²) in [5.41, 5.74) is 0.536. The number of amides is 2. The fraction of sp³-hybridized carbons (Fsp3) is 0.333. The lowest BCUT2D eigenvalue weighted by Crippen LogP contribution is -2.31. The van der Waals surface area contributed by atoms with Crippen LogP contribution >= 0.6 is 0 Å². The monoisotopic (exact) mass is 257 g/mol. The number of fused-ring (bicyclic) bond motifs is 1. The van der Waals surface area contributed by atoms with Gasteiger partial charge in [0.05, 0.1) is 17.5 Å². The van der Waals surface area contributed by atoms with Crippen molar-refractivity contribution < 1.29 is 14.7 Å². The third-order valence-electron chi connectivity index (χ3n) is 3.98. The third kappa shape index (κ3) is 1.75. The number of hydrogen-bond acceptors (Lipinski definition) is 3. The van der Waals surface area contributed by atoms with E-state index >= 15 is 0 Å². The van der Waals surface area contributed by atoms with Gasteiger partial charge in [0, 0.05) is 0 Å². The van der Waals surface area contributed by atoms with Crippen molar-refractivity contribution >= 4 is 17.5 Å². The molecule has 1 saturated heterocycles. The lowest BCUT2D eigenvalue weighted by Gasteiger charge is -2.22. The first-order chi connectivity index (χ1) is 9.09. The van der Waals surface area contributed by atoms with Gasteiger partial charge in [-0.2, -0.15) is 0 Å². The van der Waals surface area contributed by atoms with E-state index in [-0.39, 0.29) is 35.3 Å². The minimum absolute atomic E-state index is 0.0947. The maximum atomic E-state index is 12.5. The molecule has 1 heterocycles.